The van der Waals surface area contributed by atoms with E-state index in [0.29, 0.717) is 5.66 Å². The molecule has 0 saturated heterocycles. The molecule has 0 aromatic heterocycles. The summed E-state index contributed by atoms with van der Waals surface area (Å²) >= 11 is 0. The Hall–Kier alpha value is -1.65. The van der Waals surface area contributed by atoms with Gasteiger partial charge < -0.3 is 0 Å². The Morgan fingerprint density at radius 2 is 1.25 bits per heavy atom. The van der Waals surface area contributed by atoms with Crippen LogP contribution in [0.3, 0.4) is 0 Å². The highest BCUT2D eigenvalue weighted by Gasteiger charge is 2.33. The second-order valence-corrected chi connectivity index (χ2v) is 9.84. The smallest absolute Gasteiger partial charge is 0.00934 e. The molecule has 124 valence electrons. The third-order valence-corrected chi connectivity index (χ3v) is 8.15. The molecule has 2 aromatic carbocycles. The van der Waals surface area contributed by atoms with Gasteiger partial charge in [0.1, 0.15) is 0 Å². The molecular formula is C23H27P. The Bertz CT molecular complexity index is 727. The van der Waals surface area contributed by atoms with Gasteiger partial charge in [-0.25, -0.2) is 0 Å². The monoisotopic (exact) mass is 334 g/mol. The molecule has 0 heterocycles. The van der Waals surface area contributed by atoms with E-state index in [4.69, 9.17) is 0 Å². The van der Waals surface area contributed by atoms with E-state index < -0.39 is 7.92 Å². The van der Waals surface area contributed by atoms with Crippen LogP contribution in [0.5, 0.6) is 0 Å². The molecule has 0 N–H and O–H groups in total. The van der Waals surface area contributed by atoms with Gasteiger partial charge in [0.05, 0.1) is 0 Å². The number of rotatable bonds is 4. The summed E-state index contributed by atoms with van der Waals surface area (Å²) in [7, 11) is -0.413. The van der Waals surface area contributed by atoms with Gasteiger partial charge in [0.25, 0.3) is 0 Å². The molecule has 0 fully saturated rings. The summed E-state index contributed by atoms with van der Waals surface area (Å²) in [5, 5.41) is 2.92. The zero-order valence-electron chi connectivity index (χ0n) is 15.4. The first-order valence-corrected chi connectivity index (χ1v) is 10.1. The van der Waals surface area contributed by atoms with Crippen molar-refractivity contribution in [3.05, 3.63) is 83.5 Å². The molecule has 1 aliphatic carbocycles. The second-order valence-electron chi connectivity index (χ2n) is 7.29. The minimum absolute atomic E-state index is 0.183. The lowest BCUT2D eigenvalue weighted by Crippen LogP contribution is -2.21. The van der Waals surface area contributed by atoms with E-state index in [9.17, 15) is 0 Å². The molecule has 0 nitrogen and oxygen atoms in total. The molecule has 0 spiro atoms. The van der Waals surface area contributed by atoms with Gasteiger partial charge in [0, 0.05) is 11.1 Å². The normalized spacial score (nSPS) is 18.0. The maximum absolute atomic E-state index is 2.50. The van der Waals surface area contributed by atoms with Gasteiger partial charge in [-0.1, -0.05) is 93.1 Å². The van der Waals surface area contributed by atoms with Crippen LogP contribution in [0.2, 0.25) is 0 Å². The molecular weight excluding hydrogens is 307 g/mol. The first-order chi connectivity index (χ1) is 11.4. The summed E-state index contributed by atoms with van der Waals surface area (Å²) in [6.45, 7) is 11.7. The van der Waals surface area contributed by atoms with Crippen LogP contribution in [0.4, 0.5) is 0 Å². The molecule has 1 heteroatoms. The van der Waals surface area contributed by atoms with E-state index in [1.54, 1.807) is 0 Å². The topological polar surface area (TPSA) is 0 Å². The molecule has 0 bridgehead atoms. The molecule has 24 heavy (non-hydrogen) atoms. The SMILES string of the molecule is CC1=C(C)C(C)(C)C=C1C(C)P(c1ccccc1)c1ccccc1. The van der Waals surface area contributed by atoms with Crippen molar-refractivity contribution in [2.24, 2.45) is 5.41 Å². The van der Waals surface area contributed by atoms with Crippen molar-refractivity contribution in [2.75, 3.05) is 0 Å². The van der Waals surface area contributed by atoms with E-state index in [1.807, 2.05) is 0 Å². The Labute approximate surface area is 148 Å². The zero-order valence-corrected chi connectivity index (χ0v) is 16.3. The van der Waals surface area contributed by atoms with Gasteiger partial charge in [0.2, 0.25) is 0 Å². The van der Waals surface area contributed by atoms with Crippen molar-refractivity contribution in [1.82, 2.24) is 0 Å². The molecule has 1 unspecified atom stereocenters. The Balaban J connectivity index is 2.08. The Morgan fingerprint density at radius 3 is 1.62 bits per heavy atom. The van der Waals surface area contributed by atoms with Crippen LogP contribution in [-0.4, -0.2) is 5.66 Å². The van der Waals surface area contributed by atoms with Crippen molar-refractivity contribution in [3.63, 3.8) is 0 Å². The number of hydrogen-bond donors (Lipinski definition) is 0. The van der Waals surface area contributed by atoms with Crippen LogP contribution in [0, 0.1) is 5.41 Å². The predicted molar refractivity (Wildman–Crippen MR) is 109 cm³/mol. The van der Waals surface area contributed by atoms with Crippen LogP contribution < -0.4 is 10.6 Å². The van der Waals surface area contributed by atoms with Gasteiger partial charge in [0.15, 0.2) is 0 Å². The molecule has 1 aliphatic rings. The summed E-state index contributed by atoms with van der Waals surface area (Å²) < 4.78 is 0. The Kier molecular flexibility index (Phi) is 4.79. The van der Waals surface area contributed by atoms with Gasteiger partial charge >= 0.3 is 0 Å². The number of hydrogen-bond acceptors (Lipinski definition) is 0. The fourth-order valence-corrected chi connectivity index (χ4v) is 6.38. The van der Waals surface area contributed by atoms with Gasteiger partial charge in [-0.3, -0.25) is 0 Å². The minimum atomic E-state index is -0.413. The van der Waals surface area contributed by atoms with E-state index in [1.165, 1.54) is 27.3 Å². The number of allylic oxidation sites excluding steroid dienone is 4. The molecule has 2 aromatic rings. The third-order valence-electron chi connectivity index (χ3n) is 5.38. The summed E-state index contributed by atoms with van der Waals surface area (Å²) in [6.07, 6.45) is 2.50. The lowest BCUT2D eigenvalue weighted by molar-refractivity contribution is 0.587. The molecule has 0 aliphatic heterocycles. The van der Waals surface area contributed by atoms with E-state index >= 15 is 0 Å². The van der Waals surface area contributed by atoms with Crippen molar-refractivity contribution in [1.29, 1.82) is 0 Å². The van der Waals surface area contributed by atoms with E-state index in [-0.39, 0.29) is 5.41 Å². The quantitative estimate of drug-likeness (QED) is 0.619. The van der Waals surface area contributed by atoms with Gasteiger partial charge in [-0.2, -0.15) is 0 Å². The maximum Gasteiger partial charge on any atom is 0.00934 e. The third kappa shape index (κ3) is 3.13. The van der Waals surface area contributed by atoms with Crippen LogP contribution in [0.1, 0.15) is 34.6 Å². The lowest BCUT2D eigenvalue weighted by Gasteiger charge is -2.27. The van der Waals surface area contributed by atoms with Crippen molar-refractivity contribution < 1.29 is 0 Å². The fourth-order valence-electron chi connectivity index (χ4n) is 3.65. The molecule has 0 radical (unpaired) electrons. The average molecular weight is 334 g/mol. The predicted octanol–water partition coefficient (Wildman–Crippen LogP) is 5.81. The summed E-state index contributed by atoms with van der Waals surface area (Å²) in [5.74, 6) is 0. The first kappa shape index (κ1) is 17.2. The van der Waals surface area contributed by atoms with Crippen LogP contribution in [0.15, 0.2) is 83.5 Å². The fraction of sp³-hybridized carbons (Fsp3) is 0.304. The molecule has 0 amide bonds. The van der Waals surface area contributed by atoms with Gasteiger partial charge in [-0.05, 0) is 43.5 Å². The largest absolute Gasteiger partial charge is 0.0707 e. The van der Waals surface area contributed by atoms with Crippen LogP contribution in [0.25, 0.3) is 0 Å². The van der Waals surface area contributed by atoms with Crippen molar-refractivity contribution in [2.45, 2.75) is 40.3 Å². The highest BCUT2D eigenvalue weighted by molar-refractivity contribution is 7.73. The highest BCUT2D eigenvalue weighted by Crippen LogP contribution is 2.50. The molecule has 3 rings (SSSR count). The molecule has 0 saturated carbocycles. The average Bonchev–Trinajstić information content (AvgIpc) is 2.80. The van der Waals surface area contributed by atoms with E-state index in [2.05, 4.69) is 101 Å². The van der Waals surface area contributed by atoms with Crippen molar-refractivity contribution in [3.8, 4) is 0 Å². The van der Waals surface area contributed by atoms with Crippen LogP contribution >= 0.6 is 7.92 Å². The lowest BCUT2D eigenvalue weighted by atomic mass is 9.88. The zero-order chi connectivity index (χ0) is 17.3. The first-order valence-electron chi connectivity index (χ1n) is 8.72. The second kappa shape index (κ2) is 6.69. The summed E-state index contributed by atoms with van der Waals surface area (Å²) in [6, 6.07) is 22.1. The minimum Gasteiger partial charge on any atom is -0.0707 e. The Morgan fingerprint density at radius 1 is 0.792 bits per heavy atom. The van der Waals surface area contributed by atoms with Crippen LogP contribution in [-0.2, 0) is 0 Å². The summed E-state index contributed by atoms with van der Waals surface area (Å²) in [4.78, 5) is 0. The van der Waals surface area contributed by atoms with Crippen molar-refractivity contribution >= 4 is 18.5 Å². The maximum atomic E-state index is 2.50. The number of benzene rings is 2. The highest BCUT2D eigenvalue weighted by atomic mass is 31.1. The molecule has 1 atom stereocenters. The van der Waals surface area contributed by atoms with Gasteiger partial charge in [-0.15, -0.1) is 0 Å². The van der Waals surface area contributed by atoms with E-state index in [0.717, 1.165) is 0 Å². The standard InChI is InChI=1S/C23H27P/c1-17-18(2)23(4,5)16-22(17)19(3)24(20-12-8-6-9-13-20)21-14-10-7-11-15-21/h6-16,19H,1-5H3. The summed E-state index contributed by atoms with van der Waals surface area (Å²) in [5.41, 5.74) is 5.24.